The summed E-state index contributed by atoms with van der Waals surface area (Å²) in [5, 5.41) is 13.4. The lowest BCUT2D eigenvalue weighted by Crippen LogP contribution is -2.12. The normalized spacial score (nSPS) is 11.4. The van der Waals surface area contributed by atoms with Crippen LogP contribution in [0.15, 0.2) is 146 Å². The average Bonchev–Trinajstić information content (AvgIpc) is 4.25. The van der Waals surface area contributed by atoms with E-state index in [1.54, 1.807) is 73.6 Å². The zero-order valence-corrected chi connectivity index (χ0v) is 43.9. The fourth-order valence-electron chi connectivity index (χ4n) is 8.52. The second-order valence-corrected chi connectivity index (χ2v) is 19.7. The van der Waals surface area contributed by atoms with Gasteiger partial charge >= 0.3 is 7.82 Å². The molecule has 19 nitrogen and oxygen atoms in total. The van der Waals surface area contributed by atoms with Crippen molar-refractivity contribution in [1.82, 2.24) is 44.3 Å². The second kappa shape index (κ2) is 23.5. The van der Waals surface area contributed by atoms with Crippen molar-refractivity contribution in [2.24, 2.45) is 0 Å². The Kier molecular flexibility index (Phi) is 16.1. The Morgan fingerprint density at radius 1 is 0.403 bits per heavy atom. The molecular formula is C57H54N9O10P. The van der Waals surface area contributed by atoms with Crippen LogP contribution in [-0.4, -0.2) is 63.2 Å². The van der Waals surface area contributed by atoms with Crippen LogP contribution < -0.4 is 27.8 Å². The maximum absolute atomic E-state index is 15.6. The van der Waals surface area contributed by atoms with Gasteiger partial charge in [-0.25, -0.2) is 0 Å². The van der Waals surface area contributed by atoms with Gasteiger partial charge in [0.15, 0.2) is 18.9 Å². The van der Waals surface area contributed by atoms with Crippen LogP contribution in [-0.2, 0) is 24.4 Å². The van der Waals surface area contributed by atoms with Gasteiger partial charge in [0.05, 0.1) is 50.9 Å². The van der Waals surface area contributed by atoms with Gasteiger partial charge in [-0.1, -0.05) is 36.4 Å². The largest absolute Gasteiger partial charge is 0.647 e. The summed E-state index contributed by atoms with van der Waals surface area (Å²) < 4.78 is 58.5. The van der Waals surface area contributed by atoms with E-state index < -0.39 is 7.82 Å². The van der Waals surface area contributed by atoms with Crippen molar-refractivity contribution in [2.75, 3.05) is 0 Å². The molecule has 0 aliphatic carbocycles. The number of phosphoric acid groups is 1. The van der Waals surface area contributed by atoms with Gasteiger partial charge in [0.1, 0.15) is 54.3 Å². The van der Waals surface area contributed by atoms with Crippen LogP contribution in [0.1, 0.15) is 107 Å². The summed E-state index contributed by atoms with van der Waals surface area (Å²) in [5.41, 5.74) is 5.76. The van der Waals surface area contributed by atoms with Crippen LogP contribution >= 0.6 is 7.82 Å². The molecule has 0 bridgehead atoms. The van der Waals surface area contributed by atoms with Crippen LogP contribution in [0.4, 0.5) is 0 Å². The van der Waals surface area contributed by atoms with Crippen molar-refractivity contribution in [2.45, 2.75) is 79.5 Å². The minimum absolute atomic E-state index is 0.0417. The third-order valence-corrected chi connectivity index (χ3v) is 13.4. The van der Waals surface area contributed by atoms with Gasteiger partial charge in [0.25, 0.3) is 0 Å². The molecule has 9 rings (SSSR count). The first-order valence-electron chi connectivity index (χ1n) is 24.6. The minimum atomic E-state index is -5.17. The van der Waals surface area contributed by atoms with E-state index in [4.69, 9.17) is 27.8 Å². The van der Waals surface area contributed by atoms with Gasteiger partial charge in [-0.3, -0.25) is 43.4 Å². The van der Waals surface area contributed by atoms with Crippen molar-refractivity contribution >= 4 is 26.7 Å². The Morgan fingerprint density at radius 3 is 0.961 bits per heavy atom. The molecule has 0 unspecified atom stereocenters. The van der Waals surface area contributed by atoms with E-state index in [1.165, 1.54) is 36.4 Å². The summed E-state index contributed by atoms with van der Waals surface area (Å²) in [4.78, 5) is 53.2. The molecule has 0 fully saturated rings. The number of aromatic nitrogens is 9. The number of carbonyl (C=O) groups excluding carboxylic acids is 3. The molecule has 6 aromatic heterocycles. The predicted octanol–water partition coefficient (Wildman–Crippen LogP) is 12.0. The molecule has 0 spiro atoms. The van der Waals surface area contributed by atoms with Crippen molar-refractivity contribution in [3.05, 3.63) is 180 Å². The van der Waals surface area contributed by atoms with E-state index in [0.717, 1.165) is 17.1 Å². The number of carbonyl (C=O) groups is 3. The second-order valence-electron chi connectivity index (χ2n) is 18.2. The van der Waals surface area contributed by atoms with E-state index in [9.17, 15) is 14.4 Å². The van der Waals surface area contributed by atoms with E-state index in [0.29, 0.717) is 52.6 Å². The maximum Gasteiger partial charge on any atom is 0.647 e. The highest BCUT2D eigenvalue weighted by molar-refractivity contribution is 7.49. The van der Waals surface area contributed by atoms with Gasteiger partial charge in [-0.2, -0.15) is 19.9 Å². The molecule has 0 saturated carbocycles. The SMILES string of the molecule is CC(C)n1nccc1-c1ncccc1COc1cccc(OP(=O)(Oc2cccc(OCc3cccnc3-c3ccnn3C(C)C)c2C=O)Oc2cccc(OCc3cccnc3-c3ccnn3C(C)C)c2C=O)c1C=O. The maximum atomic E-state index is 15.6. The summed E-state index contributed by atoms with van der Waals surface area (Å²) >= 11 is 0. The van der Waals surface area contributed by atoms with E-state index in [-0.39, 0.29) is 89.1 Å². The first kappa shape index (κ1) is 52.6. The molecule has 0 aliphatic rings. The molecule has 0 radical (unpaired) electrons. The molecule has 0 amide bonds. The first-order valence-corrected chi connectivity index (χ1v) is 26.1. The summed E-state index contributed by atoms with van der Waals surface area (Å²) in [6.07, 6.45) is 11.5. The van der Waals surface area contributed by atoms with Gasteiger partial charge in [0.2, 0.25) is 0 Å². The molecular weight excluding hydrogens is 1000 g/mol. The van der Waals surface area contributed by atoms with E-state index in [1.807, 2.05) is 92.0 Å². The van der Waals surface area contributed by atoms with Crippen LogP contribution in [0, 0.1) is 0 Å². The number of benzene rings is 3. The highest BCUT2D eigenvalue weighted by Gasteiger charge is 2.37. The number of hydrogen-bond acceptors (Lipinski definition) is 16. The Bertz CT molecular complexity index is 3240. The number of phosphoric ester groups is 1. The van der Waals surface area contributed by atoms with Crippen molar-refractivity contribution in [3.63, 3.8) is 0 Å². The zero-order chi connectivity index (χ0) is 54.1. The smallest absolute Gasteiger partial charge is 0.488 e. The third kappa shape index (κ3) is 11.5. The molecule has 0 N–H and O–H groups in total. The molecule has 77 heavy (non-hydrogen) atoms. The van der Waals surface area contributed by atoms with Crippen molar-refractivity contribution < 1.29 is 46.7 Å². The molecule has 0 aliphatic heterocycles. The Labute approximate surface area is 444 Å². The quantitative estimate of drug-likeness (QED) is 0.0406. The number of rotatable bonds is 24. The summed E-state index contributed by atoms with van der Waals surface area (Å²) in [6.45, 7) is 11.9. The molecule has 0 saturated heterocycles. The van der Waals surface area contributed by atoms with Crippen LogP contribution in [0.2, 0.25) is 0 Å². The Hall–Kier alpha value is -9.22. The number of ether oxygens (including phenoxy) is 3. The standard InChI is InChI=1S/C57H54N9O10P/c1-37(2)64-46(22-28-61-64)55-40(13-10-25-58-55)34-71-49-16-7-19-52(43(49)31-67)74-77(70,75-53-20-8-17-50(44(53)32-68)72-35-41-14-11-26-59-56(41)47-23-29-62-65(47)38(3)4)76-54-21-9-18-51(45(54)33-69)73-36-42-15-12-27-60-57(42)48-24-30-63-66(48)39(5)6/h7-33,37-39H,34-36H2,1-6H3. The fourth-order valence-corrected chi connectivity index (χ4v) is 9.83. The number of nitrogens with zero attached hydrogens (tertiary/aromatic N) is 9. The van der Waals surface area contributed by atoms with Crippen LogP contribution in [0.5, 0.6) is 34.5 Å². The molecule has 392 valence electrons. The highest BCUT2D eigenvalue weighted by atomic mass is 31.2. The van der Waals surface area contributed by atoms with Gasteiger partial charge in [-0.15, -0.1) is 0 Å². The third-order valence-electron chi connectivity index (χ3n) is 12.1. The van der Waals surface area contributed by atoms with Crippen LogP contribution in [0.3, 0.4) is 0 Å². The predicted molar refractivity (Wildman–Crippen MR) is 286 cm³/mol. The fraction of sp³-hybridized carbons (Fsp3) is 0.211. The zero-order valence-electron chi connectivity index (χ0n) is 43.0. The van der Waals surface area contributed by atoms with Crippen molar-refractivity contribution in [3.8, 4) is 68.7 Å². The average molecular weight is 1060 g/mol. The molecule has 9 aromatic rings. The summed E-state index contributed by atoms with van der Waals surface area (Å²) in [5.74, 6) is -0.663. The molecule has 20 heteroatoms. The Balaban J connectivity index is 1.05. The van der Waals surface area contributed by atoms with Crippen LogP contribution in [0.25, 0.3) is 34.2 Å². The number of aldehydes is 3. The minimum Gasteiger partial charge on any atom is -0.488 e. The van der Waals surface area contributed by atoms with E-state index >= 15 is 4.57 Å². The molecule has 3 aromatic carbocycles. The number of hydrogen-bond donors (Lipinski definition) is 0. The first-order chi connectivity index (χ1) is 37.4. The molecule has 0 atom stereocenters. The Morgan fingerprint density at radius 2 is 0.688 bits per heavy atom. The summed E-state index contributed by atoms with van der Waals surface area (Å²) in [7, 11) is -5.17. The summed E-state index contributed by atoms with van der Waals surface area (Å²) in [6, 6.07) is 29.9. The topological polar surface area (TPSA) is 216 Å². The van der Waals surface area contributed by atoms with Gasteiger partial charge in [-0.05, 0) is 114 Å². The van der Waals surface area contributed by atoms with Crippen molar-refractivity contribution in [1.29, 1.82) is 0 Å². The van der Waals surface area contributed by atoms with E-state index in [2.05, 4.69) is 30.2 Å². The van der Waals surface area contributed by atoms with Gasteiger partial charge < -0.3 is 27.8 Å². The van der Waals surface area contributed by atoms with Gasteiger partial charge in [0, 0.05) is 72.0 Å². The lowest BCUT2D eigenvalue weighted by molar-refractivity contribution is 0.111. The molecule has 6 heterocycles. The number of pyridine rings is 3. The lowest BCUT2D eigenvalue weighted by atomic mass is 10.1. The highest BCUT2D eigenvalue weighted by Crippen LogP contribution is 2.53. The monoisotopic (exact) mass is 1060 g/mol. The lowest BCUT2D eigenvalue weighted by Gasteiger charge is -2.23.